The fourth-order valence-corrected chi connectivity index (χ4v) is 2.25. The van der Waals surface area contributed by atoms with Crippen LogP contribution in [0.2, 0.25) is 0 Å². The number of aliphatic hydroxyl groups is 1. The maximum Gasteiger partial charge on any atom is 0.328 e. The van der Waals surface area contributed by atoms with Crippen molar-refractivity contribution in [2.75, 3.05) is 6.61 Å². The Bertz CT molecular complexity index is 308. The molecule has 1 aliphatic rings. The van der Waals surface area contributed by atoms with E-state index in [-0.39, 0.29) is 6.04 Å². The van der Waals surface area contributed by atoms with E-state index < -0.39 is 24.6 Å². The second-order valence-electron chi connectivity index (χ2n) is 5.16. The summed E-state index contributed by atoms with van der Waals surface area (Å²) < 4.78 is 0. The third-order valence-electron chi connectivity index (χ3n) is 3.72. The van der Waals surface area contributed by atoms with Crippen LogP contribution in [-0.4, -0.2) is 40.9 Å². The van der Waals surface area contributed by atoms with Gasteiger partial charge in [0.05, 0.1) is 6.61 Å². The number of nitrogens with one attached hydrogen (secondary N) is 2. The molecular formula is C12H22N2O4. The molecule has 6 nitrogen and oxygen atoms in total. The van der Waals surface area contributed by atoms with E-state index in [0.717, 1.165) is 19.3 Å². The van der Waals surface area contributed by atoms with Crippen molar-refractivity contribution in [2.45, 2.75) is 45.2 Å². The predicted molar refractivity (Wildman–Crippen MR) is 66.1 cm³/mol. The first-order chi connectivity index (χ1) is 8.43. The van der Waals surface area contributed by atoms with Crippen LogP contribution in [0.4, 0.5) is 4.79 Å². The molecule has 1 fully saturated rings. The lowest BCUT2D eigenvalue weighted by Crippen LogP contribution is -2.51. The SMILES string of the molecule is CC1CCC(NC(=O)NC(CO)C(=O)O)CC1C. The zero-order valence-corrected chi connectivity index (χ0v) is 10.8. The number of carbonyl (C=O) groups excluding carboxylic acids is 1. The van der Waals surface area contributed by atoms with Crippen molar-refractivity contribution in [1.29, 1.82) is 0 Å². The molecule has 104 valence electrons. The Morgan fingerprint density at radius 1 is 1.28 bits per heavy atom. The molecule has 0 spiro atoms. The number of urea groups is 1. The van der Waals surface area contributed by atoms with Gasteiger partial charge in [-0.1, -0.05) is 13.8 Å². The second kappa shape index (κ2) is 6.58. The summed E-state index contributed by atoms with van der Waals surface area (Å²) in [5.74, 6) is -0.0224. The fraction of sp³-hybridized carbons (Fsp3) is 0.833. The minimum Gasteiger partial charge on any atom is -0.480 e. The van der Waals surface area contributed by atoms with Gasteiger partial charge in [0.2, 0.25) is 0 Å². The van der Waals surface area contributed by atoms with Crippen LogP contribution in [0, 0.1) is 11.8 Å². The number of carboxylic acids is 1. The molecular weight excluding hydrogens is 236 g/mol. The zero-order chi connectivity index (χ0) is 13.7. The molecule has 1 saturated carbocycles. The molecule has 1 aliphatic carbocycles. The molecule has 2 amide bonds. The van der Waals surface area contributed by atoms with Crippen molar-refractivity contribution in [1.82, 2.24) is 10.6 Å². The number of carbonyl (C=O) groups is 2. The standard InChI is InChI=1S/C12H22N2O4/c1-7-3-4-9(5-8(7)2)13-12(18)14-10(6-15)11(16)17/h7-10,15H,3-6H2,1-2H3,(H,16,17)(H2,13,14,18). The van der Waals surface area contributed by atoms with Gasteiger partial charge in [-0.3, -0.25) is 0 Å². The molecule has 0 aromatic carbocycles. The van der Waals surface area contributed by atoms with Gasteiger partial charge in [-0.15, -0.1) is 0 Å². The summed E-state index contributed by atoms with van der Waals surface area (Å²) in [6.45, 7) is 3.75. The molecule has 18 heavy (non-hydrogen) atoms. The van der Waals surface area contributed by atoms with E-state index >= 15 is 0 Å². The van der Waals surface area contributed by atoms with Gasteiger partial charge in [0.15, 0.2) is 6.04 Å². The number of aliphatic carboxylic acids is 1. The average molecular weight is 258 g/mol. The number of rotatable bonds is 4. The summed E-state index contributed by atoms with van der Waals surface area (Å²) in [5, 5.41) is 22.5. The van der Waals surface area contributed by atoms with Gasteiger partial charge in [-0.05, 0) is 31.1 Å². The lowest BCUT2D eigenvalue weighted by atomic mass is 9.79. The summed E-state index contributed by atoms with van der Waals surface area (Å²) in [6.07, 6.45) is 2.88. The van der Waals surface area contributed by atoms with Crippen LogP contribution in [0.1, 0.15) is 33.1 Å². The highest BCUT2D eigenvalue weighted by Crippen LogP contribution is 2.29. The molecule has 4 unspecified atom stereocenters. The van der Waals surface area contributed by atoms with Gasteiger partial charge in [0.25, 0.3) is 0 Å². The average Bonchev–Trinajstić information content (AvgIpc) is 2.30. The van der Waals surface area contributed by atoms with E-state index in [4.69, 9.17) is 10.2 Å². The quantitative estimate of drug-likeness (QED) is 0.592. The van der Waals surface area contributed by atoms with Crippen molar-refractivity contribution >= 4 is 12.0 Å². The largest absolute Gasteiger partial charge is 0.480 e. The number of aliphatic hydroxyl groups excluding tert-OH is 1. The third kappa shape index (κ3) is 4.18. The van der Waals surface area contributed by atoms with Crippen LogP contribution >= 0.6 is 0 Å². The highest BCUT2D eigenvalue weighted by Gasteiger charge is 2.26. The Balaban J connectivity index is 2.38. The summed E-state index contributed by atoms with van der Waals surface area (Å²) >= 11 is 0. The second-order valence-corrected chi connectivity index (χ2v) is 5.16. The van der Waals surface area contributed by atoms with Gasteiger partial charge in [-0.25, -0.2) is 9.59 Å². The van der Waals surface area contributed by atoms with Gasteiger partial charge < -0.3 is 20.8 Å². The molecule has 0 aliphatic heterocycles. The van der Waals surface area contributed by atoms with Gasteiger partial charge in [0.1, 0.15) is 0 Å². The smallest absolute Gasteiger partial charge is 0.328 e. The van der Waals surface area contributed by atoms with Crippen LogP contribution in [0.25, 0.3) is 0 Å². The van der Waals surface area contributed by atoms with E-state index in [1.165, 1.54) is 0 Å². The van der Waals surface area contributed by atoms with Crippen LogP contribution in [0.5, 0.6) is 0 Å². The zero-order valence-electron chi connectivity index (χ0n) is 10.8. The van der Waals surface area contributed by atoms with Gasteiger partial charge in [0, 0.05) is 6.04 Å². The monoisotopic (exact) mass is 258 g/mol. The van der Waals surface area contributed by atoms with Crippen molar-refractivity contribution in [3.05, 3.63) is 0 Å². The molecule has 6 heteroatoms. The predicted octanol–water partition coefficient (Wildman–Crippen LogP) is 0.556. The molecule has 0 aromatic heterocycles. The molecule has 0 heterocycles. The summed E-state index contributed by atoms with van der Waals surface area (Å²) in [6, 6.07) is -1.68. The normalized spacial score (nSPS) is 29.4. The Morgan fingerprint density at radius 2 is 1.94 bits per heavy atom. The number of hydrogen-bond donors (Lipinski definition) is 4. The Labute approximate surface area is 107 Å². The Kier molecular flexibility index (Phi) is 5.40. The topological polar surface area (TPSA) is 98.7 Å². The molecule has 0 saturated heterocycles. The number of amides is 2. The highest BCUT2D eigenvalue weighted by atomic mass is 16.4. The Morgan fingerprint density at radius 3 is 2.44 bits per heavy atom. The molecule has 1 rings (SSSR count). The number of hydrogen-bond acceptors (Lipinski definition) is 3. The molecule has 0 aromatic rings. The Hall–Kier alpha value is -1.30. The molecule has 4 atom stereocenters. The van der Waals surface area contributed by atoms with Gasteiger partial charge in [-0.2, -0.15) is 0 Å². The van der Waals surface area contributed by atoms with Crippen molar-refractivity contribution < 1.29 is 19.8 Å². The van der Waals surface area contributed by atoms with Crippen molar-refractivity contribution in [3.63, 3.8) is 0 Å². The van der Waals surface area contributed by atoms with E-state index in [0.29, 0.717) is 11.8 Å². The van der Waals surface area contributed by atoms with Crippen LogP contribution in [-0.2, 0) is 4.79 Å². The van der Waals surface area contributed by atoms with E-state index in [1.54, 1.807) is 0 Å². The first-order valence-electron chi connectivity index (χ1n) is 6.34. The summed E-state index contributed by atoms with van der Waals surface area (Å²) in [5.41, 5.74) is 0. The van der Waals surface area contributed by atoms with E-state index in [2.05, 4.69) is 24.5 Å². The lowest BCUT2D eigenvalue weighted by molar-refractivity contribution is -0.140. The van der Waals surface area contributed by atoms with Crippen LogP contribution in [0.15, 0.2) is 0 Å². The first-order valence-corrected chi connectivity index (χ1v) is 6.34. The van der Waals surface area contributed by atoms with E-state index in [9.17, 15) is 9.59 Å². The summed E-state index contributed by atoms with van der Waals surface area (Å²) in [7, 11) is 0. The third-order valence-corrected chi connectivity index (χ3v) is 3.72. The molecule has 0 radical (unpaired) electrons. The highest BCUT2D eigenvalue weighted by molar-refractivity contribution is 5.82. The maximum absolute atomic E-state index is 11.6. The summed E-state index contributed by atoms with van der Waals surface area (Å²) in [4.78, 5) is 22.2. The van der Waals surface area contributed by atoms with Crippen molar-refractivity contribution in [3.8, 4) is 0 Å². The van der Waals surface area contributed by atoms with Crippen LogP contribution in [0.3, 0.4) is 0 Å². The lowest BCUT2D eigenvalue weighted by Gasteiger charge is -2.32. The van der Waals surface area contributed by atoms with Crippen molar-refractivity contribution in [2.24, 2.45) is 11.8 Å². The molecule has 4 N–H and O–H groups in total. The minimum atomic E-state index is -1.25. The fourth-order valence-electron chi connectivity index (χ4n) is 2.25. The maximum atomic E-state index is 11.6. The number of carboxylic acid groups (broad SMARTS) is 1. The van der Waals surface area contributed by atoms with E-state index in [1.807, 2.05) is 0 Å². The first kappa shape index (κ1) is 14.8. The molecule has 0 bridgehead atoms. The van der Waals surface area contributed by atoms with Crippen LogP contribution < -0.4 is 10.6 Å². The van der Waals surface area contributed by atoms with Gasteiger partial charge >= 0.3 is 12.0 Å². The minimum absolute atomic E-state index is 0.0873.